The van der Waals surface area contributed by atoms with E-state index in [2.05, 4.69) is 17.9 Å². The Hall–Kier alpha value is -2.65. The Labute approximate surface area is 226 Å². The summed E-state index contributed by atoms with van der Waals surface area (Å²) in [5, 5.41) is 10.4. The highest BCUT2D eigenvalue weighted by atomic mass is 16.5. The highest BCUT2D eigenvalue weighted by molar-refractivity contribution is 5.79. The molecule has 3 aliphatic rings. The molecule has 210 valence electrons. The zero-order chi connectivity index (χ0) is 27.1. The highest BCUT2D eigenvalue weighted by Gasteiger charge is 2.47. The van der Waals surface area contributed by atoms with Gasteiger partial charge in [0.1, 0.15) is 5.75 Å². The van der Waals surface area contributed by atoms with Gasteiger partial charge in [0.05, 0.1) is 19.1 Å². The van der Waals surface area contributed by atoms with Crippen molar-refractivity contribution >= 4 is 17.8 Å². The molecule has 0 saturated carbocycles. The van der Waals surface area contributed by atoms with E-state index in [1.54, 1.807) is 0 Å². The van der Waals surface area contributed by atoms with Crippen molar-refractivity contribution in [3.63, 3.8) is 0 Å². The number of hydrogen-bond donors (Lipinski definition) is 2. The van der Waals surface area contributed by atoms with E-state index in [1.807, 2.05) is 21.9 Å². The van der Waals surface area contributed by atoms with Crippen LogP contribution in [0.1, 0.15) is 68.9 Å². The molecule has 1 aromatic rings. The lowest BCUT2D eigenvalue weighted by molar-refractivity contribution is -0.144. The molecule has 38 heavy (non-hydrogen) atoms. The smallest absolute Gasteiger partial charge is 0.308 e. The van der Waals surface area contributed by atoms with Crippen molar-refractivity contribution < 1.29 is 24.2 Å². The van der Waals surface area contributed by atoms with Crippen LogP contribution in [-0.4, -0.2) is 96.1 Å². The molecule has 0 radical (unpaired) electrons. The van der Waals surface area contributed by atoms with E-state index in [-0.39, 0.29) is 30.3 Å². The highest BCUT2D eigenvalue weighted by Crippen LogP contribution is 2.41. The van der Waals surface area contributed by atoms with E-state index in [9.17, 15) is 19.5 Å². The number of carboxylic acids is 1. The topological polar surface area (TPSA) is 116 Å². The van der Waals surface area contributed by atoms with Crippen molar-refractivity contribution in [1.29, 1.82) is 0 Å². The lowest BCUT2D eigenvalue weighted by Gasteiger charge is -2.30. The number of unbranched alkanes of at least 4 members (excludes halogenated alkanes) is 1. The number of hydrogen-bond acceptors (Lipinski definition) is 6. The fourth-order valence-corrected chi connectivity index (χ4v) is 6.33. The molecular formula is C29H44N4O5. The quantitative estimate of drug-likeness (QED) is 0.381. The largest absolute Gasteiger partial charge is 0.493 e. The van der Waals surface area contributed by atoms with Gasteiger partial charge in [0.25, 0.3) is 0 Å². The van der Waals surface area contributed by atoms with Gasteiger partial charge in [-0.25, -0.2) is 0 Å². The van der Waals surface area contributed by atoms with Gasteiger partial charge in [-0.15, -0.1) is 0 Å². The molecule has 9 nitrogen and oxygen atoms in total. The monoisotopic (exact) mass is 528 g/mol. The number of aliphatic carboxylic acids is 1. The lowest BCUT2D eigenvalue weighted by Crippen LogP contribution is -2.45. The number of carboxylic acid groups (broad SMARTS) is 1. The summed E-state index contributed by atoms with van der Waals surface area (Å²) in [4.78, 5) is 44.2. The Morgan fingerprint density at radius 2 is 2.00 bits per heavy atom. The van der Waals surface area contributed by atoms with Crippen LogP contribution in [0.15, 0.2) is 18.2 Å². The lowest BCUT2D eigenvalue weighted by atomic mass is 9.83. The van der Waals surface area contributed by atoms with Crippen LogP contribution in [0.4, 0.5) is 0 Å². The van der Waals surface area contributed by atoms with E-state index in [1.165, 1.54) is 0 Å². The van der Waals surface area contributed by atoms with Crippen molar-refractivity contribution in [2.24, 2.45) is 11.7 Å². The number of nitrogens with two attached hydrogens (primary N) is 1. The van der Waals surface area contributed by atoms with Gasteiger partial charge in [0, 0.05) is 57.5 Å². The molecule has 3 atom stereocenters. The summed E-state index contributed by atoms with van der Waals surface area (Å²) < 4.78 is 5.67. The van der Waals surface area contributed by atoms with Gasteiger partial charge in [-0.3, -0.25) is 19.3 Å². The summed E-state index contributed by atoms with van der Waals surface area (Å²) >= 11 is 0. The number of ether oxygens (including phenoxy) is 1. The first kappa shape index (κ1) is 28.4. The Bertz CT molecular complexity index is 978. The van der Waals surface area contributed by atoms with Crippen molar-refractivity contribution in [2.75, 3.05) is 52.4 Å². The van der Waals surface area contributed by atoms with Gasteiger partial charge in [-0.1, -0.05) is 25.5 Å². The Morgan fingerprint density at radius 3 is 2.71 bits per heavy atom. The molecule has 0 aromatic heterocycles. The zero-order valence-electron chi connectivity index (χ0n) is 22.8. The van der Waals surface area contributed by atoms with E-state index in [0.717, 1.165) is 61.9 Å². The molecule has 2 amide bonds. The second-order valence-electron chi connectivity index (χ2n) is 10.9. The molecule has 3 heterocycles. The summed E-state index contributed by atoms with van der Waals surface area (Å²) in [6.07, 6.45) is 6.36. The van der Waals surface area contributed by atoms with E-state index >= 15 is 0 Å². The van der Waals surface area contributed by atoms with Crippen LogP contribution in [0.5, 0.6) is 5.75 Å². The van der Waals surface area contributed by atoms with Crippen LogP contribution >= 0.6 is 0 Å². The summed E-state index contributed by atoms with van der Waals surface area (Å²) in [7, 11) is 0. The fraction of sp³-hybridized carbons (Fsp3) is 0.690. The molecule has 0 bridgehead atoms. The van der Waals surface area contributed by atoms with Gasteiger partial charge in [0.15, 0.2) is 0 Å². The third-order valence-corrected chi connectivity index (χ3v) is 8.38. The number of amides is 2. The molecule has 4 rings (SSSR count). The molecule has 3 N–H and O–H groups in total. The molecule has 2 saturated heterocycles. The Kier molecular flexibility index (Phi) is 10.0. The van der Waals surface area contributed by atoms with Crippen molar-refractivity contribution in [1.82, 2.24) is 14.7 Å². The van der Waals surface area contributed by atoms with Gasteiger partial charge >= 0.3 is 5.97 Å². The molecule has 3 aliphatic heterocycles. The molecule has 0 spiro atoms. The van der Waals surface area contributed by atoms with E-state index in [0.29, 0.717) is 52.2 Å². The maximum atomic E-state index is 13.5. The predicted molar refractivity (Wildman–Crippen MR) is 145 cm³/mol. The molecule has 9 heteroatoms. The molecule has 1 aromatic carbocycles. The number of benzene rings is 1. The number of carbonyl (C=O) groups is 3. The minimum absolute atomic E-state index is 0.0405. The van der Waals surface area contributed by atoms with Crippen LogP contribution < -0.4 is 10.5 Å². The van der Waals surface area contributed by atoms with Crippen molar-refractivity contribution in [3.8, 4) is 5.75 Å². The van der Waals surface area contributed by atoms with E-state index < -0.39 is 11.9 Å². The number of carbonyl (C=O) groups excluding carboxylic acids is 2. The molecule has 2 fully saturated rings. The minimum Gasteiger partial charge on any atom is -0.493 e. The number of fused-ring (bicyclic) bond motifs is 1. The fourth-order valence-electron chi connectivity index (χ4n) is 6.33. The number of rotatable bonds is 14. The molecule has 0 aliphatic carbocycles. The van der Waals surface area contributed by atoms with Crippen LogP contribution in [0.2, 0.25) is 0 Å². The van der Waals surface area contributed by atoms with Gasteiger partial charge in [-0.05, 0) is 55.8 Å². The van der Waals surface area contributed by atoms with Crippen LogP contribution in [0.25, 0.3) is 0 Å². The SMILES string of the molecule is CCCCN(CCCN)C(=O)CN1C[C@H](c2ccc3c(c2)CCO3)C(C(=O)O)[C@@H]1CCCN1CCCC1=O. The maximum absolute atomic E-state index is 13.5. The van der Waals surface area contributed by atoms with Gasteiger partial charge in [0.2, 0.25) is 11.8 Å². The first-order valence-corrected chi connectivity index (χ1v) is 14.4. The Morgan fingerprint density at radius 1 is 1.18 bits per heavy atom. The number of likely N-dealkylation sites (tertiary alicyclic amines) is 2. The average Bonchev–Trinajstić information content (AvgIpc) is 3.62. The second-order valence-corrected chi connectivity index (χ2v) is 10.9. The maximum Gasteiger partial charge on any atom is 0.308 e. The first-order valence-electron chi connectivity index (χ1n) is 14.4. The average molecular weight is 529 g/mol. The third-order valence-electron chi connectivity index (χ3n) is 8.38. The van der Waals surface area contributed by atoms with Crippen LogP contribution in [0, 0.1) is 5.92 Å². The molecular weight excluding hydrogens is 484 g/mol. The first-order chi connectivity index (χ1) is 18.4. The predicted octanol–water partition coefficient (Wildman–Crippen LogP) is 2.47. The van der Waals surface area contributed by atoms with E-state index in [4.69, 9.17) is 10.5 Å². The van der Waals surface area contributed by atoms with Crippen molar-refractivity contribution in [3.05, 3.63) is 29.3 Å². The Balaban J connectivity index is 1.54. The number of nitrogens with zero attached hydrogens (tertiary/aromatic N) is 3. The van der Waals surface area contributed by atoms with Crippen LogP contribution in [-0.2, 0) is 20.8 Å². The molecule has 1 unspecified atom stereocenters. The van der Waals surface area contributed by atoms with Gasteiger partial charge < -0.3 is 25.4 Å². The summed E-state index contributed by atoms with van der Waals surface area (Å²) in [5.74, 6) is -0.552. The van der Waals surface area contributed by atoms with Crippen molar-refractivity contribution in [2.45, 2.75) is 70.3 Å². The summed E-state index contributed by atoms with van der Waals surface area (Å²) in [6.45, 7) is 6.76. The minimum atomic E-state index is -0.824. The second kappa shape index (κ2) is 13.4. The normalized spacial score (nSPS) is 23.1. The summed E-state index contributed by atoms with van der Waals surface area (Å²) in [5.41, 5.74) is 7.85. The standard InChI is InChI=1S/C29H44N4O5/c1-2-3-13-32(16-6-12-30)27(35)20-33-19-23(21-9-10-25-22(18-21)11-17-38-25)28(29(36)37)24(33)7-4-14-31-15-5-8-26(31)34/h9-10,18,23-24,28H,2-8,11-17,19-20,30H2,1H3,(H,36,37)/t23-,24+,28?/m1/s1. The zero-order valence-corrected chi connectivity index (χ0v) is 22.8. The summed E-state index contributed by atoms with van der Waals surface area (Å²) in [6, 6.07) is 5.78. The van der Waals surface area contributed by atoms with Gasteiger partial charge in [-0.2, -0.15) is 0 Å². The third kappa shape index (κ3) is 6.67. The van der Waals surface area contributed by atoms with Crippen LogP contribution in [0.3, 0.4) is 0 Å².